The quantitative estimate of drug-likeness (QED) is 0.481. The Morgan fingerprint density at radius 2 is 1.35 bits per heavy atom. The molecule has 2 aromatic carbocycles. The number of carbonyl (C=O) groups excluding carboxylic acids is 1. The molecule has 0 aliphatic heterocycles. The number of nitriles is 2. The van der Waals surface area contributed by atoms with Gasteiger partial charge in [0.15, 0.2) is 0 Å². The van der Waals surface area contributed by atoms with Gasteiger partial charge in [-0.3, -0.25) is 4.79 Å². The maximum Gasteiger partial charge on any atom is 0.262 e. The second-order valence-corrected chi connectivity index (χ2v) is 4.13. The Morgan fingerprint density at radius 1 is 0.850 bits per heavy atom. The average molecular weight is 258 g/mol. The molecule has 0 aliphatic rings. The number of hydrogen-bond donors (Lipinski definition) is 0. The van der Waals surface area contributed by atoms with Gasteiger partial charge in [0.05, 0.1) is 11.6 Å². The van der Waals surface area contributed by atoms with Crippen LogP contribution in [0.1, 0.15) is 27.0 Å². The second kappa shape index (κ2) is 6.13. The summed E-state index contributed by atoms with van der Waals surface area (Å²) >= 11 is 0. The van der Waals surface area contributed by atoms with Gasteiger partial charge in [-0.05, 0) is 35.4 Å². The molecule has 0 N–H and O–H groups in total. The van der Waals surface area contributed by atoms with Crippen LogP contribution in [0.15, 0.2) is 48.5 Å². The second-order valence-electron chi connectivity index (χ2n) is 4.13. The van der Waals surface area contributed by atoms with Gasteiger partial charge < -0.3 is 0 Å². The lowest BCUT2D eigenvalue weighted by Crippen LogP contribution is -1.93. The predicted molar refractivity (Wildman–Crippen MR) is 76.5 cm³/mol. The number of Topliss-reactive ketones (excluding diaryl/α,β-unsaturated/α-hetero) is 1. The SMILES string of the molecule is N#CC(=O)c1ccc(C=Cc2ccc(C#N)cc2)cc1. The normalized spacial score (nSPS) is 9.90. The molecule has 0 amide bonds. The van der Waals surface area contributed by atoms with Crippen molar-refractivity contribution in [3.63, 3.8) is 0 Å². The van der Waals surface area contributed by atoms with Crippen molar-refractivity contribution in [2.24, 2.45) is 0 Å². The zero-order valence-corrected chi connectivity index (χ0v) is 10.6. The Morgan fingerprint density at radius 3 is 1.80 bits per heavy atom. The minimum Gasteiger partial charge on any atom is -0.277 e. The van der Waals surface area contributed by atoms with Crippen LogP contribution in [-0.4, -0.2) is 5.78 Å². The first-order chi connectivity index (χ1) is 9.72. The highest BCUT2D eigenvalue weighted by Crippen LogP contribution is 2.11. The molecule has 94 valence electrons. The molecule has 0 spiro atoms. The molecule has 2 rings (SSSR count). The van der Waals surface area contributed by atoms with Gasteiger partial charge in [0, 0.05) is 5.56 Å². The first kappa shape index (κ1) is 13.3. The molecule has 0 saturated heterocycles. The fourth-order valence-corrected chi connectivity index (χ4v) is 1.67. The van der Waals surface area contributed by atoms with Crippen LogP contribution < -0.4 is 0 Å². The van der Waals surface area contributed by atoms with Gasteiger partial charge in [-0.1, -0.05) is 36.4 Å². The van der Waals surface area contributed by atoms with Crippen molar-refractivity contribution in [2.75, 3.05) is 0 Å². The van der Waals surface area contributed by atoms with Gasteiger partial charge in [0.1, 0.15) is 6.07 Å². The Hall–Kier alpha value is -3.17. The fourth-order valence-electron chi connectivity index (χ4n) is 1.67. The highest BCUT2D eigenvalue weighted by molar-refractivity contribution is 6.07. The summed E-state index contributed by atoms with van der Waals surface area (Å²) in [6.07, 6.45) is 3.82. The highest BCUT2D eigenvalue weighted by Gasteiger charge is 2.02. The smallest absolute Gasteiger partial charge is 0.262 e. The maximum atomic E-state index is 11.2. The molecule has 0 aromatic heterocycles. The average Bonchev–Trinajstić information content (AvgIpc) is 2.53. The van der Waals surface area contributed by atoms with E-state index in [0.717, 1.165) is 11.1 Å². The van der Waals surface area contributed by atoms with Crippen LogP contribution in [0, 0.1) is 22.7 Å². The molecule has 0 aliphatic carbocycles. The van der Waals surface area contributed by atoms with Gasteiger partial charge in [-0.15, -0.1) is 0 Å². The van der Waals surface area contributed by atoms with Crippen LogP contribution in [0.25, 0.3) is 12.2 Å². The molecule has 0 fully saturated rings. The van der Waals surface area contributed by atoms with Crippen molar-refractivity contribution >= 4 is 17.9 Å². The van der Waals surface area contributed by atoms with E-state index in [1.807, 2.05) is 24.3 Å². The summed E-state index contributed by atoms with van der Waals surface area (Å²) < 4.78 is 0. The van der Waals surface area contributed by atoms with E-state index in [1.54, 1.807) is 42.5 Å². The van der Waals surface area contributed by atoms with Crippen molar-refractivity contribution in [3.05, 3.63) is 70.8 Å². The van der Waals surface area contributed by atoms with Crippen molar-refractivity contribution in [1.29, 1.82) is 10.5 Å². The minimum atomic E-state index is -0.535. The fraction of sp³-hybridized carbons (Fsp3) is 0. The van der Waals surface area contributed by atoms with Crippen molar-refractivity contribution < 1.29 is 4.79 Å². The zero-order valence-electron chi connectivity index (χ0n) is 10.6. The van der Waals surface area contributed by atoms with Crippen molar-refractivity contribution in [3.8, 4) is 12.1 Å². The van der Waals surface area contributed by atoms with Crippen LogP contribution in [0.5, 0.6) is 0 Å². The first-order valence-corrected chi connectivity index (χ1v) is 5.95. The van der Waals surface area contributed by atoms with Crippen LogP contribution in [0.3, 0.4) is 0 Å². The maximum absolute atomic E-state index is 11.2. The third-order valence-corrected chi connectivity index (χ3v) is 2.78. The zero-order chi connectivity index (χ0) is 14.4. The van der Waals surface area contributed by atoms with Crippen molar-refractivity contribution in [1.82, 2.24) is 0 Å². The first-order valence-electron chi connectivity index (χ1n) is 5.95. The lowest BCUT2D eigenvalue weighted by atomic mass is 10.1. The third kappa shape index (κ3) is 3.19. The van der Waals surface area contributed by atoms with Crippen LogP contribution in [0.4, 0.5) is 0 Å². The summed E-state index contributed by atoms with van der Waals surface area (Å²) in [5.74, 6) is -0.535. The third-order valence-electron chi connectivity index (χ3n) is 2.78. The summed E-state index contributed by atoms with van der Waals surface area (Å²) in [6.45, 7) is 0. The number of carbonyl (C=O) groups is 1. The molecule has 0 atom stereocenters. The molecule has 0 saturated carbocycles. The molecule has 3 heteroatoms. The number of hydrogen-bond acceptors (Lipinski definition) is 3. The summed E-state index contributed by atoms with van der Waals surface area (Å²) in [4.78, 5) is 11.2. The molecule has 3 nitrogen and oxygen atoms in total. The molecule has 0 bridgehead atoms. The van der Waals surface area contributed by atoms with E-state index in [-0.39, 0.29) is 0 Å². The number of ketones is 1. The minimum absolute atomic E-state index is 0.392. The molecule has 0 radical (unpaired) electrons. The molecule has 0 unspecified atom stereocenters. The molecule has 2 aromatic rings. The Balaban J connectivity index is 2.13. The number of benzene rings is 2. The highest BCUT2D eigenvalue weighted by atomic mass is 16.1. The van der Waals surface area contributed by atoms with E-state index in [9.17, 15) is 4.79 Å². The number of nitrogens with zero attached hydrogens (tertiary/aromatic N) is 2. The Bertz CT molecular complexity index is 727. The molecular formula is C17H10N2O. The Kier molecular flexibility index (Phi) is 4.07. The summed E-state index contributed by atoms with van der Waals surface area (Å²) in [7, 11) is 0. The molecule has 0 heterocycles. The Labute approximate surface area is 117 Å². The van der Waals surface area contributed by atoms with Gasteiger partial charge in [0.2, 0.25) is 0 Å². The lowest BCUT2D eigenvalue weighted by Gasteiger charge is -1.96. The molecule has 20 heavy (non-hydrogen) atoms. The van der Waals surface area contributed by atoms with Gasteiger partial charge in [0.25, 0.3) is 5.78 Å². The standard InChI is InChI=1S/C17H10N2O/c18-11-15-5-3-13(4-6-15)1-2-14-7-9-16(10-8-14)17(20)12-19/h1-10H. The number of rotatable bonds is 3. The molecular weight excluding hydrogens is 248 g/mol. The topological polar surface area (TPSA) is 64.7 Å². The monoisotopic (exact) mass is 258 g/mol. The van der Waals surface area contributed by atoms with Crippen LogP contribution >= 0.6 is 0 Å². The van der Waals surface area contributed by atoms with E-state index < -0.39 is 5.78 Å². The lowest BCUT2D eigenvalue weighted by molar-refractivity contribution is 0.105. The van der Waals surface area contributed by atoms with Crippen LogP contribution in [-0.2, 0) is 0 Å². The van der Waals surface area contributed by atoms with Gasteiger partial charge in [-0.25, -0.2) is 0 Å². The van der Waals surface area contributed by atoms with E-state index in [1.165, 1.54) is 0 Å². The van der Waals surface area contributed by atoms with E-state index in [4.69, 9.17) is 10.5 Å². The van der Waals surface area contributed by atoms with Gasteiger partial charge >= 0.3 is 0 Å². The summed E-state index contributed by atoms with van der Waals surface area (Å²) in [5.41, 5.74) is 2.94. The largest absolute Gasteiger partial charge is 0.277 e. The van der Waals surface area contributed by atoms with E-state index >= 15 is 0 Å². The van der Waals surface area contributed by atoms with Gasteiger partial charge in [-0.2, -0.15) is 10.5 Å². The van der Waals surface area contributed by atoms with Crippen molar-refractivity contribution in [2.45, 2.75) is 0 Å². The van der Waals surface area contributed by atoms with Crippen LogP contribution in [0.2, 0.25) is 0 Å². The van der Waals surface area contributed by atoms with E-state index in [2.05, 4.69) is 6.07 Å². The summed E-state index contributed by atoms with van der Waals surface area (Å²) in [5, 5.41) is 17.2. The summed E-state index contributed by atoms with van der Waals surface area (Å²) in [6, 6.07) is 17.7. The predicted octanol–water partition coefficient (Wildman–Crippen LogP) is 3.43. The van der Waals surface area contributed by atoms with E-state index in [0.29, 0.717) is 11.1 Å².